The number of fused-ring (bicyclic) bond motifs is 1. The van der Waals surface area contributed by atoms with Gasteiger partial charge in [-0.3, -0.25) is 0 Å². The highest BCUT2D eigenvalue weighted by atomic mass is 15.1. The van der Waals surface area contributed by atoms with E-state index in [1.54, 1.807) is 0 Å². The molecule has 2 aromatic carbocycles. The Morgan fingerprint density at radius 3 is 2.09 bits per heavy atom. The molecule has 0 spiro atoms. The van der Waals surface area contributed by atoms with Crippen LogP contribution in [0.2, 0.25) is 0 Å². The van der Waals surface area contributed by atoms with Gasteiger partial charge in [0.05, 0.1) is 11.0 Å². The number of nitrogens with zero attached hydrogens (tertiary/aromatic N) is 3. The number of rotatable bonds is 7. The fraction of sp³-hybridized carbons (Fsp3) is 0.585. The zero-order valence-corrected chi connectivity index (χ0v) is 31.1. The summed E-state index contributed by atoms with van der Waals surface area (Å²) in [5.41, 5.74) is 7.03. The predicted molar refractivity (Wildman–Crippen MR) is 201 cm³/mol. The molecule has 2 fully saturated rings. The highest BCUT2D eigenvalue weighted by Crippen LogP contribution is 2.33. The van der Waals surface area contributed by atoms with Crippen LogP contribution in [-0.4, -0.2) is 27.5 Å². The molecule has 2 aliphatic rings. The predicted octanol–water partition coefficient (Wildman–Crippen LogP) is 12.8. The van der Waals surface area contributed by atoms with E-state index in [-0.39, 0.29) is 0 Å². The molecule has 44 heavy (non-hydrogen) atoms. The summed E-state index contributed by atoms with van der Waals surface area (Å²) in [4.78, 5) is 7.43. The molecule has 1 saturated carbocycles. The molecular formula is C41H69N3. The molecule has 2 unspecified atom stereocenters. The van der Waals surface area contributed by atoms with Crippen LogP contribution >= 0.6 is 0 Å². The molecule has 2 atom stereocenters. The van der Waals surface area contributed by atoms with E-state index in [4.69, 9.17) is 4.98 Å². The molecule has 0 radical (unpaired) electrons. The van der Waals surface area contributed by atoms with E-state index >= 15 is 0 Å². The lowest BCUT2D eigenvalue weighted by Crippen LogP contribution is -2.32. The van der Waals surface area contributed by atoms with Crippen LogP contribution in [-0.2, 0) is 7.05 Å². The van der Waals surface area contributed by atoms with Gasteiger partial charge in [-0.1, -0.05) is 151 Å². The largest absolute Gasteiger partial charge is 0.371 e. The van der Waals surface area contributed by atoms with Gasteiger partial charge in [-0.25, -0.2) is 4.98 Å². The second kappa shape index (κ2) is 23.6. The fourth-order valence-electron chi connectivity index (χ4n) is 5.47. The van der Waals surface area contributed by atoms with E-state index in [0.29, 0.717) is 5.92 Å². The standard InChI is InChI=1S/C27H33N3.C6H12.4C2H6/c1-19-10-9-15-30(18-19)22(4)24-13-14-26-25(17-24)28-27(29(26)5)21(3)16-20(2)23-11-7-6-8-12-23;1-2-3-6-4-5-6;4*1-2/h6-8,11-14,16-17,19-20H,4,9-10,15,18H2,1-3,5H3;6H,2-5H2,1H3;4*1-2H3/b21-16+;;;;;. The summed E-state index contributed by atoms with van der Waals surface area (Å²) >= 11 is 0. The Bertz CT molecular complexity index is 1180. The van der Waals surface area contributed by atoms with Crippen LogP contribution in [0.25, 0.3) is 22.3 Å². The van der Waals surface area contributed by atoms with Crippen LogP contribution in [0.3, 0.4) is 0 Å². The topological polar surface area (TPSA) is 21.1 Å². The van der Waals surface area contributed by atoms with Crippen molar-refractivity contribution in [3.63, 3.8) is 0 Å². The first-order valence-corrected chi connectivity index (χ1v) is 18.0. The third kappa shape index (κ3) is 13.0. The van der Waals surface area contributed by atoms with E-state index < -0.39 is 0 Å². The molecule has 3 heteroatoms. The Morgan fingerprint density at radius 1 is 0.955 bits per heavy atom. The van der Waals surface area contributed by atoms with Gasteiger partial charge in [0.25, 0.3) is 0 Å². The van der Waals surface area contributed by atoms with Crippen molar-refractivity contribution in [2.45, 2.75) is 128 Å². The van der Waals surface area contributed by atoms with Gasteiger partial charge >= 0.3 is 0 Å². The second-order valence-electron chi connectivity index (χ2n) is 11.1. The monoisotopic (exact) mass is 604 g/mol. The van der Waals surface area contributed by atoms with E-state index in [1.807, 2.05) is 55.4 Å². The molecule has 1 aliphatic heterocycles. The third-order valence-electron chi connectivity index (χ3n) is 7.82. The maximum atomic E-state index is 5.00. The normalized spacial score (nSPS) is 16.2. The molecule has 1 aliphatic carbocycles. The van der Waals surface area contributed by atoms with Crippen molar-refractivity contribution in [2.24, 2.45) is 18.9 Å². The minimum Gasteiger partial charge on any atom is -0.371 e. The van der Waals surface area contributed by atoms with Crippen molar-refractivity contribution in [1.29, 1.82) is 0 Å². The number of piperidine rings is 1. The molecule has 2 heterocycles. The lowest BCUT2D eigenvalue weighted by Gasteiger charge is -2.34. The molecule has 3 nitrogen and oxygen atoms in total. The summed E-state index contributed by atoms with van der Waals surface area (Å²) < 4.78 is 2.20. The van der Waals surface area contributed by atoms with Crippen molar-refractivity contribution in [2.75, 3.05) is 13.1 Å². The lowest BCUT2D eigenvalue weighted by atomic mass is 9.98. The zero-order chi connectivity index (χ0) is 33.7. The maximum absolute atomic E-state index is 5.00. The number of hydrogen-bond donors (Lipinski definition) is 0. The van der Waals surface area contributed by atoms with E-state index in [1.165, 1.54) is 55.2 Å². The molecular weight excluding hydrogens is 534 g/mol. The van der Waals surface area contributed by atoms with Crippen LogP contribution in [0.15, 0.2) is 61.2 Å². The number of aryl methyl sites for hydroxylation is 1. The highest BCUT2D eigenvalue weighted by molar-refractivity contribution is 5.83. The van der Waals surface area contributed by atoms with Gasteiger partial charge in [0.15, 0.2) is 0 Å². The van der Waals surface area contributed by atoms with Crippen molar-refractivity contribution < 1.29 is 0 Å². The molecule has 0 N–H and O–H groups in total. The first kappa shape index (κ1) is 41.2. The first-order valence-electron chi connectivity index (χ1n) is 18.0. The average molecular weight is 604 g/mol. The minimum atomic E-state index is 0.349. The number of likely N-dealkylation sites (tertiary alicyclic amines) is 1. The van der Waals surface area contributed by atoms with Gasteiger partial charge in [-0.2, -0.15) is 0 Å². The Kier molecular flexibility index (Phi) is 22.1. The summed E-state index contributed by atoms with van der Waals surface area (Å²) in [5, 5.41) is 0. The van der Waals surface area contributed by atoms with Crippen molar-refractivity contribution in [3.05, 3.63) is 78.1 Å². The Labute approximate surface area is 273 Å². The van der Waals surface area contributed by atoms with Crippen molar-refractivity contribution >= 4 is 22.3 Å². The number of hydrogen-bond acceptors (Lipinski definition) is 2. The average Bonchev–Trinajstić information content (AvgIpc) is 3.85. The van der Waals surface area contributed by atoms with E-state index in [9.17, 15) is 0 Å². The van der Waals surface area contributed by atoms with Crippen LogP contribution in [0, 0.1) is 11.8 Å². The van der Waals surface area contributed by atoms with Crippen LogP contribution in [0.5, 0.6) is 0 Å². The van der Waals surface area contributed by atoms with Gasteiger partial charge < -0.3 is 9.47 Å². The maximum Gasteiger partial charge on any atom is 0.136 e. The minimum absolute atomic E-state index is 0.349. The smallest absolute Gasteiger partial charge is 0.136 e. The van der Waals surface area contributed by atoms with Crippen LogP contribution in [0.4, 0.5) is 0 Å². The Morgan fingerprint density at radius 2 is 1.57 bits per heavy atom. The molecule has 5 rings (SSSR count). The summed E-state index contributed by atoms with van der Waals surface area (Å²) in [7, 11) is 2.11. The zero-order valence-electron chi connectivity index (χ0n) is 31.1. The van der Waals surface area contributed by atoms with E-state index in [0.717, 1.165) is 47.5 Å². The molecule has 1 aromatic heterocycles. The second-order valence-corrected chi connectivity index (χ2v) is 11.1. The van der Waals surface area contributed by atoms with Crippen molar-refractivity contribution in [1.82, 2.24) is 14.5 Å². The van der Waals surface area contributed by atoms with E-state index in [2.05, 4.69) is 105 Å². The fourth-order valence-corrected chi connectivity index (χ4v) is 5.47. The first-order chi connectivity index (χ1) is 21.4. The highest BCUT2D eigenvalue weighted by Gasteiger charge is 2.20. The summed E-state index contributed by atoms with van der Waals surface area (Å²) in [5.74, 6) is 3.26. The van der Waals surface area contributed by atoms with Crippen LogP contribution < -0.4 is 0 Å². The van der Waals surface area contributed by atoms with Gasteiger partial charge in [-0.15, -0.1) is 0 Å². The molecule has 3 aromatic rings. The molecule has 248 valence electrons. The summed E-state index contributed by atoms with van der Waals surface area (Å²) in [6.45, 7) is 31.6. The van der Waals surface area contributed by atoms with Gasteiger partial charge in [0, 0.05) is 25.8 Å². The summed E-state index contributed by atoms with van der Waals surface area (Å²) in [6, 6.07) is 17.2. The molecule has 1 saturated heterocycles. The van der Waals surface area contributed by atoms with Gasteiger partial charge in [-0.05, 0) is 66.4 Å². The number of aromatic nitrogens is 2. The molecule has 0 bridgehead atoms. The summed E-state index contributed by atoms with van der Waals surface area (Å²) in [6.07, 6.45) is 10.8. The Hall–Kier alpha value is -2.81. The lowest BCUT2D eigenvalue weighted by molar-refractivity contribution is 0.261. The number of imidazole rings is 1. The number of benzene rings is 2. The van der Waals surface area contributed by atoms with Crippen molar-refractivity contribution in [3.8, 4) is 0 Å². The molecule has 0 amide bonds. The van der Waals surface area contributed by atoms with Crippen LogP contribution in [0.1, 0.15) is 144 Å². The third-order valence-corrected chi connectivity index (χ3v) is 7.82. The number of allylic oxidation sites excluding steroid dienone is 2. The van der Waals surface area contributed by atoms with Gasteiger partial charge in [0.2, 0.25) is 0 Å². The quantitative estimate of drug-likeness (QED) is 0.268. The Balaban J connectivity index is 0.00000112. The SMILES string of the molecule is C=C(c1ccc2c(c1)nc(/C(C)=C/C(C)c1ccccc1)n2C)N1CCCC(C)C1.CC.CC.CC.CC.CCCC1CC1. The van der Waals surface area contributed by atoms with Gasteiger partial charge in [0.1, 0.15) is 5.82 Å².